The lowest BCUT2D eigenvalue weighted by Gasteiger charge is -2.08. The summed E-state index contributed by atoms with van der Waals surface area (Å²) in [6.07, 6.45) is 0. The number of aromatic amines is 1. The van der Waals surface area contributed by atoms with E-state index in [0.29, 0.717) is 16.9 Å². The van der Waals surface area contributed by atoms with Gasteiger partial charge in [0.05, 0.1) is 11.0 Å². The van der Waals surface area contributed by atoms with Gasteiger partial charge < -0.3 is 15.6 Å². The topological polar surface area (TPSA) is 86.9 Å². The number of carbonyl (C=O) groups excluding carboxylic acids is 2. The van der Waals surface area contributed by atoms with Crippen LogP contribution < -0.4 is 10.6 Å². The second kappa shape index (κ2) is 7.83. The summed E-state index contributed by atoms with van der Waals surface area (Å²) in [4.78, 5) is 31.8. The molecule has 0 aliphatic heterocycles. The number of aryl methyl sites for hydroxylation is 2. The van der Waals surface area contributed by atoms with E-state index >= 15 is 0 Å². The smallest absolute Gasteiger partial charge is 0.255 e. The van der Waals surface area contributed by atoms with E-state index in [2.05, 4.69) is 46.6 Å². The van der Waals surface area contributed by atoms with Crippen molar-refractivity contribution >= 4 is 34.2 Å². The van der Waals surface area contributed by atoms with Crippen LogP contribution in [0.3, 0.4) is 0 Å². The van der Waals surface area contributed by atoms with E-state index in [9.17, 15) is 9.59 Å². The summed E-state index contributed by atoms with van der Waals surface area (Å²) >= 11 is 0. The number of aromatic nitrogens is 2. The Morgan fingerprint density at radius 2 is 1.60 bits per heavy atom. The lowest BCUT2D eigenvalue weighted by molar-refractivity contribution is -0.114. The highest BCUT2D eigenvalue weighted by molar-refractivity contribution is 6.05. The molecule has 0 fully saturated rings. The molecule has 0 unspecified atom stereocenters. The maximum absolute atomic E-state index is 12.5. The molecule has 3 N–H and O–H groups in total. The van der Waals surface area contributed by atoms with Crippen molar-refractivity contribution in [2.75, 3.05) is 10.6 Å². The first kappa shape index (κ1) is 19.4. The number of nitrogens with zero attached hydrogens (tertiary/aromatic N) is 1. The number of H-pyrrole nitrogens is 1. The fourth-order valence-corrected chi connectivity index (χ4v) is 3.26. The Morgan fingerprint density at radius 3 is 2.33 bits per heavy atom. The number of benzene rings is 3. The van der Waals surface area contributed by atoms with Crippen LogP contribution in [-0.4, -0.2) is 21.8 Å². The Kier molecular flexibility index (Phi) is 5.06. The quantitative estimate of drug-likeness (QED) is 0.449. The predicted octanol–water partition coefficient (Wildman–Crippen LogP) is 5.06. The Balaban J connectivity index is 1.51. The molecule has 0 bridgehead atoms. The number of hydrogen-bond donors (Lipinski definition) is 3. The third-order valence-electron chi connectivity index (χ3n) is 4.96. The van der Waals surface area contributed by atoms with Crippen molar-refractivity contribution in [3.05, 3.63) is 77.4 Å². The molecule has 6 nitrogen and oxygen atoms in total. The van der Waals surface area contributed by atoms with E-state index in [1.54, 1.807) is 24.3 Å². The fraction of sp³-hybridized carbons (Fsp3) is 0.125. The van der Waals surface area contributed by atoms with Crippen molar-refractivity contribution in [2.24, 2.45) is 0 Å². The predicted molar refractivity (Wildman–Crippen MR) is 120 cm³/mol. The van der Waals surface area contributed by atoms with Gasteiger partial charge >= 0.3 is 0 Å². The molecule has 150 valence electrons. The first-order chi connectivity index (χ1) is 14.4. The fourth-order valence-electron chi connectivity index (χ4n) is 3.26. The molecule has 0 aliphatic rings. The maximum Gasteiger partial charge on any atom is 0.255 e. The molecular weight excluding hydrogens is 376 g/mol. The maximum atomic E-state index is 12.5. The number of hydrogen-bond acceptors (Lipinski definition) is 3. The summed E-state index contributed by atoms with van der Waals surface area (Å²) in [7, 11) is 0. The van der Waals surface area contributed by atoms with Crippen molar-refractivity contribution in [1.82, 2.24) is 9.97 Å². The van der Waals surface area contributed by atoms with Gasteiger partial charge in [0.15, 0.2) is 0 Å². The Labute approximate surface area is 174 Å². The van der Waals surface area contributed by atoms with Gasteiger partial charge in [-0.2, -0.15) is 0 Å². The monoisotopic (exact) mass is 398 g/mol. The molecule has 1 aromatic heterocycles. The minimum Gasteiger partial charge on any atom is -0.338 e. The largest absolute Gasteiger partial charge is 0.338 e. The molecule has 0 saturated carbocycles. The molecule has 2 amide bonds. The molecule has 3 aromatic carbocycles. The molecule has 4 rings (SSSR count). The number of amides is 2. The van der Waals surface area contributed by atoms with Gasteiger partial charge in [0.25, 0.3) is 5.91 Å². The van der Waals surface area contributed by atoms with Gasteiger partial charge in [0.1, 0.15) is 5.82 Å². The average Bonchev–Trinajstić information content (AvgIpc) is 3.11. The molecule has 0 radical (unpaired) electrons. The molecule has 0 atom stereocenters. The van der Waals surface area contributed by atoms with Crippen molar-refractivity contribution in [2.45, 2.75) is 20.8 Å². The SMILES string of the molecule is CC(=O)Nc1cccc(C(=O)Nc2ccc(-c3nc4cc(C)c(C)cc4[nH]3)cc2)c1. The minimum absolute atomic E-state index is 0.181. The van der Waals surface area contributed by atoms with E-state index in [1.807, 2.05) is 24.3 Å². The lowest BCUT2D eigenvalue weighted by Crippen LogP contribution is -2.13. The second-order valence-electron chi connectivity index (χ2n) is 7.33. The van der Waals surface area contributed by atoms with Crippen LogP contribution in [0.25, 0.3) is 22.4 Å². The second-order valence-corrected chi connectivity index (χ2v) is 7.33. The van der Waals surface area contributed by atoms with Crippen LogP contribution in [0.15, 0.2) is 60.7 Å². The summed E-state index contributed by atoms with van der Waals surface area (Å²) in [5.74, 6) is 0.361. The van der Waals surface area contributed by atoms with E-state index in [4.69, 9.17) is 0 Å². The first-order valence-corrected chi connectivity index (χ1v) is 9.65. The zero-order valence-electron chi connectivity index (χ0n) is 17.0. The van der Waals surface area contributed by atoms with E-state index in [-0.39, 0.29) is 11.8 Å². The highest BCUT2D eigenvalue weighted by Crippen LogP contribution is 2.24. The van der Waals surface area contributed by atoms with Crippen LogP contribution in [0.2, 0.25) is 0 Å². The van der Waals surface area contributed by atoms with Gasteiger partial charge in [0.2, 0.25) is 5.91 Å². The lowest BCUT2D eigenvalue weighted by atomic mass is 10.1. The van der Waals surface area contributed by atoms with Gasteiger partial charge in [-0.1, -0.05) is 6.07 Å². The van der Waals surface area contributed by atoms with Gasteiger partial charge in [-0.3, -0.25) is 9.59 Å². The van der Waals surface area contributed by atoms with Crippen LogP contribution in [0, 0.1) is 13.8 Å². The third-order valence-corrected chi connectivity index (χ3v) is 4.96. The molecule has 0 spiro atoms. The third kappa shape index (κ3) is 4.07. The van der Waals surface area contributed by atoms with Crippen LogP contribution >= 0.6 is 0 Å². The average molecular weight is 398 g/mol. The number of anilines is 2. The Hall–Kier alpha value is -3.93. The van der Waals surface area contributed by atoms with E-state index < -0.39 is 0 Å². The molecule has 1 heterocycles. The summed E-state index contributed by atoms with van der Waals surface area (Å²) in [5.41, 5.74) is 7.03. The van der Waals surface area contributed by atoms with Gasteiger partial charge in [-0.05, 0) is 79.6 Å². The van der Waals surface area contributed by atoms with Gasteiger partial charge in [0, 0.05) is 29.4 Å². The molecule has 0 saturated heterocycles. The molecular formula is C24H22N4O2. The normalized spacial score (nSPS) is 10.8. The first-order valence-electron chi connectivity index (χ1n) is 9.65. The van der Waals surface area contributed by atoms with Crippen molar-refractivity contribution in [3.63, 3.8) is 0 Å². The standard InChI is InChI=1S/C24H22N4O2/c1-14-11-21-22(12-15(14)2)28-23(27-21)17-7-9-19(10-8-17)26-24(30)18-5-4-6-20(13-18)25-16(3)29/h4-13H,1-3H3,(H,25,29)(H,26,30)(H,27,28). The van der Waals surface area contributed by atoms with Crippen LogP contribution in [0.1, 0.15) is 28.4 Å². The van der Waals surface area contributed by atoms with Crippen molar-refractivity contribution in [3.8, 4) is 11.4 Å². The van der Waals surface area contributed by atoms with E-state index in [0.717, 1.165) is 22.4 Å². The highest BCUT2D eigenvalue weighted by Gasteiger charge is 2.10. The minimum atomic E-state index is -0.246. The summed E-state index contributed by atoms with van der Waals surface area (Å²) in [6.45, 7) is 5.59. The van der Waals surface area contributed by atoms with Gasteiger partial charge in [-0.15, -0.1) is 0 Å². The van der Waals surface area contributed by atoms with E-state index in [1.165, 1.54) is 18.1 Å². The Bertz CT molecular complexity index is 1220. The van der Waals surface area contributed by atoms with Crippen molar-refractivity contribution in [1.29, 1.82) is 0 Å². The summed E-state index contributed by atoms with van der Waals surface area (Å²) in [5, 5.41) is 5.55. The number of carbonyl (C=O) groups is 2. The molecule has 30 heavy (non-hydrogen) atoms. The van der Waals surface area contributed by atoms with Crippen molar-refractivity contribution < 1.29 is 9.59 Å². The zero-order valence-corrected chi connectivity index (χ0v) is 17.0. The summed E-state index contributed by atoms with van der Waals surface area (Å²) < 4.78 is 0. The molecule has 4 aromatic rings. The molecule has 0 aliphatic carbocycles. The van der Waals surface area contributed by atoms with Crippen LogP contribution in [0.4, 0.5) is 11.4 Å². The number of rotatable bonds is 4. The number of fused-ring (bicyclic) bond motifs is 1. The highest BCUT2D eigenvalue weighted by atomic mass is 16.2. The zero-order chi connectivity index (χ0) is 21.3. The molecule has 6 heteroatoms. The van der Waals surface area contributed by atoms with Crippen LogP contribution in [0.5, 0.6) is 0 Å². The van der Waals surface area contributed by atoms with Gasteiger partial charge in [-0.25, -0.2) is 4.98 Å². The number of nitrogens with one attached hydrogen (secondary N) is 3. The van der Waals surface area contributed by atoms with Crippen LogP contribution in [-0.2, 0) is 4.79 Å². The summed E-state index contributed by atoms with van der Waals surface area (Å²) in [6, 6.07) is 18.5. The number of imidazole rings is 1. The Morgan fingerprint density at radius 1 is 0.867 bits per heavy atom.